The lowest BCUT2D eigenvalue weighted by Gasteiger charge is -2.24. The first kappa shape index (κ1) is 21.1. The molecule has 1 aliphatic heterocycles. The van der Waals surface area contributed by atoms with Gasteiger partial charge in [-0.2, -0.15) is 0 Å². The zero-order valence-electron chi connectivity index (χ0n) is 17.2. The number of carbonyl (C=O) groups is 2. The van der Waals surface area contributed by atoms with E-state index in [1.165, 1.54) is 5.56 Å². The highest BCUT2D eigenvalue weighted by Crippen LogP contribution is 2.19. The van der Waals surface area contributed by atoms with Crippen LogP contribution in [0.15, 0.2) is 60.7 Å². The maximum Gasteiger partial charge on any atom is 0.242 e. The molecule has 5 heteroatoms. The molecule has 0 spiro atoms. The molecule has 1 fully saturated rings. The molecule has 2 amide bonds. The monoisotopic (exact) mass is 393 g/mol. The summed E-state index contributed by atoms with van der Waals surface area (Å²) in [6.07, 6.45) is 2.88. The summed E-state index contributed by atoms with van der Waals surface area (Å²) in [7, 11) is 2.09. The van der Waals surface area contributed by atoms with Crippen molar-refractivity contribution in [3.63, 3.8) is 0 Å². The Hall–Kier alpha value is -2.66. The fourth-order valence-electron chi connectivity index (χ4n) is 3.86. The molecule has 3 rings (SSSR count). The second-order valence-electron chi connectivity index (χ2n) is 7.78. The molecule has 0 saturated carbocycles. The van der Waals surface area contributed by atoms with E-state index in [-0.39, 0.29) is 17.9 Å². The summed E-state index contributed by atoms with van der Waals surface area (Å²) < 4.78 is 0. The quantitative estimate of drug-likeness (QED) is 0.667. The molecule has 1 N–H and O–H groups in total. The van der Waals surface area contributed by atoms with E-state index in [9.17, 15) is 9.59 Å². The Morgan fingerprint density at radius 2 is 1.69 bits per heavy atom. The van der Waals surface area contributed by atoms with Crippen LogP contribution in [0, 0.1) is 0 Å². The molecule has 29 heavy (non-hydrogen) atoms. The fourth-order valence-corrected chi connectivity index (χ4v) is 3.86. The fraction of sp³-hybridized carbons (Fsp3) is 0.417. The van der Waals surface area contributed by atoms with Gasteiger partial charge in [-0.05, 0) is 44.0 Å². The Morgan fingerprint density at radius 1 is 1.03 bits per heavy atom. The van der Waals surface area contributed by atoms with Crippen LogP contribution in [-0.2, 0) is 22.6 Å². The lowest BCUT2D eigenvalue weighted by Crippen LogP contribution is -2.46. The molecule has 1 atom stereocenters. The average Bonchev–Trinajstić information content (AvgIpc) is 3.23. The molecule has 2 aromatic rings. The van der Waals surface area contributed by atoms with Gasteiger partial charge in [-0.25, -0.2) is 0 Å². The molecule has 1 saturated heterocycles. The molecular weight excluding hydrogens is 362 g/mol. The second kappa shape index (κ2) is 10.8. The van der Waals surface area contributed by atoms with Crippen molar-refractivity contribution in [2.24, 2.45) is 0 Å². The van der Waals surface area contributed by atoms with Gasteiger partial charge in [0.15, 0.2) is 0 Å². The predicted molar refractivity (Wildman–Crippen MR) is 115 cm³/mol. The molecule has 0 aliphatic carbocycles. The number of nitrogens with one attached hydrogen (secondary N) is 1. The zero-order valence-corrected chi connectivity index (χ0v) is 17.2. The second-order valence-corrected chi connectivity index (χ2v) is 7.78. The van der Waals surface area contributed by atoms with Gasteiger partial charge in [0.1, 0.15) is 6.04 Å². The molecule has 5 nitrogen and oxygen atoms in total. The number of nitrogens with zero attached hydrogens (tertiary/aromatic N) is 2. The third-order valence-corrected chi connectivity index (χ3v) is 5.39. The van der Waals surface area contributed by atoms with E-state index in [0.717, 1.165) is 37.9 Å². The van der Waals surface area contributed by atoms with Crippen molar-refractivity contribution >= 4 is 11.8 Å². The number of carbonyl (C=O) groups excluding carboxylic acids is 2. The van der Waals surface area contributed by atoms with Crippen molar-refractivity contribution in [1.29, 1.82) is 0 Å². The van der Waals surface area contributed by atoms with Crippen LogP contribution in [0.1, 0.15) is 30.4 Å². The molecule has 0 bridgehead atoms. The molecule has 154 valence electrons. The van der Waals surface area contributed by atoms with Gasteiger partial charge in [-0.3, -0.25) is 9.59 Å². The molecular formula is C24H31N3O2. The van der Waals surface area contributed by atoms with Gasteiger partial charge in [-0.15, -0.1) is 0 Å². The van der Waals surface area contributed by atoms with Crippen molar-refractivity contribution in [2.45, 2.75) is 38.3 Å². The highest BCUT2D eigenvalue weighted by Gasteiger charge is 2.33. The van der Waals surface area contributed by atoms with E-state index in [2.05, 4.69) is 41.5 Å². The maximum absolute atomic E-state index is 12.7. The Balaban J connectivity index is 1.39. The van der Waals surface area contributed by atoms with Crippen LogP contribution in [0.5, 0.6) is 0 Å². The minimum absolute atomic E-state index is 0.0189. The van der Waals surface area contributed by atoms with Crippen molar-refractivity contribution < 1.29 is 9.59 Å². The van der Waals surface area contributed by atoms with Crippen LogP contribution >= 0.6 is 0 Å². The number of hydrogen-bond acceptors (Lipinski definition) is 3. The standard InChI is InChI=1S/C24H31N3O2/c1-26(19-21-12-6-3-7-13-21)16-9-15-25-24(29)22-14-8-17-27(22)23(28)18-20-10-4-2-5-11-20/h2-7,10-13,22H,8-9,14-19H2,1H3,(H,25,29). The van der Waals surface area contributed by atoms with Gasteiger partial charge >= 0.3 is 0 Å². The summed E-state index contributed by atoms with van der Waals surface area (Å²) in [5.41, 5.74) is 2.28. The van der Waals surface area contributed by atoms with E-state index < -0.39 is 0 Å². The Labute approximate surface area is 173 Å². The van der Waals surface area contributed by atoms with Crippen LogP contribution in [0.4, 0.5) is 0 Å². The van der Waals surface area contributed by atoms with Gasteiger partial charge in [-0.1, -0.05) is 60.7 Å². The number of benzene rings is 2. The molecule has 1 aliphatic rings. The number of likely N-dealkylation sites (tertiary alicyclic amines) is 1. The molecule has 0 aromatic heterocycles. The number of rotatable bonds is 9. The summed E-state index contributed by atoms with van der Waals surface area (Å²) in [5.74, 6) is 0.0195. The van der Waals surface area contributed by atoms with Gasteiger partial charge in [0, 0.05) is 19.6 Å². The summed E-state index contributed by atoms with van der Waals surface area (Å²) in [6, 6.07) is 19.8. The lowest BCUT2D eigenvalue weighted by atomic mass is 10.1. The topological polar surface area (TPSA) is 52.7 Å². The Morgan fingerprint density at radius 3 is 2.38 bits per heavy atom. The number of amides is 2. The average molecular weight is 394 g/mol. The normalized spacial score (nSPS) is 16.2. The summed E-state index contributed by atoms with van der Waals surface area (Å²) in [6.45, 7) is 3.12. The highest BCUT2D eigenvalue weighted by molar-refractivity contribution is 5.89. The molecule has 1 heterocycles. The first-order valence-corrected chi connectivity index (χ1v) is 10.5. The first-order valence-electron chi connectivity index (χ1n) is 10.5. The molecule has 0 radical (unpaired) electrons. The zero-order chi connectivity index (χ0) is 20.5. The van der Waals surface area contributed by atoms with E-state index in [1.54, 1.807) is 4.90 Å². The van der Waals surface area contributed by atoms with Crippen LogP contribution in [0.2, 0.25) is 0 Å². The van der Waals surface area contributed by atoms with E-state index in [1.807, 2.05) is 36.4 Å². The predicted octanol–water partition coefficient (Wildman–Crippen LogP) is 2.86. The smallest absolute Gasteiger partial charge is 0.242 e. The SMILES string of the molecule is CN(CCCNC(=O)C1CCCN1C(=O)Cc1ccccc1)Cc1ccccc1. The first-order chi connectivity index (χ1) is 14.1. The third kappa shape index (κ3) is 6.43. The van der Waals surface area contributed by atoms with Gasteiger partial charge in [0.25, 0.3) is 0 Å². The Bertz CT molecular complexity index is 779. The van der Waals surface area contributed by atoms with E-state index in [4.69, 9.17) is 0 Å². The highest BCUT2D eigenvalue weighted by atomic mass is 16.2. The number of hydrogen-bond donors (Lipinski definition) is 1. The van der Waals surface area contributed by atoms with Crippen molar-refractivity contribution in [2.75, 3.05) is 26.7 Å². The third-order valence-electron chi connectivity index (χ3n) is 5.39. The van der Waals surface area contributed by atoms with Gasteiger partial charge in [0.05, 0.1) is 6.42 Å². The van der Waals surface area contributed by atoms with Crippen LogP contribution in [0.3, 0.4) is 0 Å². The van der Waals surface area contributed by atoms with Crippen molar-refractivity contribution in [3.05, 3.63) is 71.8 Å². The van der Waals surface area contributed by atoms with Gasteiger partial charge < -0.3 is 15.1 Å². The minimum atomic E-state index is -0.326. The van der Waals surface area contributed by atoms with Crippen LogP contribution < -0.4 is 5.32 Å². The molecule has 1 unspecified atom stereocenters. The van der Waals surface area contributed by atoms with Crippen molar-refractivity contribution in [1.82, 2.24) is 15.1 Å². The van der Waals surface area contributed by atoms with Crippen LogP contribution in [-0.4, -0.2) is 54.3 Å². The summed E-state index contributed by atoms with van der Waals surface area (Å²) in [4.78, 5) is 29.3. The van der Waals surface area contributed by atoms with Gasteiger partial charge in [0.2, 0.25) is 11.8 Å². The minimum Gasteiger partial charge on any atom is -0.354 e. The molecule has 2 aromatic carbocycles. The maximum atomic E-state index is 12.7. The summed E-state index contributed by atoms with van der Waals surface area (Å²) >= 11 is 0. The summed E-state index contributed by atoms with van der Waals surface area (Å²) in [5, 5.41) is 3.03. The lowest BCUT2D eigenvalue weighted by molar-refractivity contribution is -0.137. The Kier molecular flexibility index (Phi) is 7.82. The van der Waals surface area contributed by atoms with Crippen LogP contribution in [0.25, 0.3) is 0 Å². The van der Waals surface area contributed by atoms with E-state index in [0.29, 0.717) is 19.5 Å². The largest absolute Gasteiger partial charge is 0.354 e. The van der Waals surface area contributed by atoms with E-state index >= 15 is 0 Å². The van der Waals surface area contributed by atoms with Crippen molar-refractivity contribution in [3.8, 4) is 0 Å².